The van der Waals surface area contributed by atoms with Crippen molar-refractivity contribution in [3.63, 3.8) is 0 Å². The number of ketones is 1. The van der Waals surface area contributed by atoms with E-state index in [0.29, 0.717) is 16.4 Å². The number of amides is 4. The third kappa shape index (κ3) is 3.62. The van der Waals surface area contributed by atoms with Gasteiger partial charge in [-0.25, -0.2) is 14.6 Å². The van der Waals surface area contributed by atoms with Gasteiger partial charge in [-0.3, -0.25) is 14.4 Å². The summed E-state index contributed by atoms with van der Waals surface area (Å²) < 4.78 is 15.3. The number of hydrogen-bond acceptors (Lipinski definition) is 7. The standard InChI is InChI=1S/C20H18N2O7/c1-27-13-6-4-12(5-7-13)22-19(25)18(24)21(20(22)26)11-16(23)15-9-8-14(28-2)10-17(15)29-3/h4-10H,11H2,1-3H3. The summed E-state index contributed by atoms with van der Waals surface area (Å²) in [5.41, 5.74) is 0.357. The third-order valence-electron chi connectivity index (χ3n) is 4.39. The number of ether oxygens (including phenoxy) is 3. The topological polar surface area (TPSA) is 102 Å². The van der Waals surface area contributed by atoms with Crippen LogP contribution >= 0.6 is 0 Å². The summed E-state index contributed by atoms with van der Waals surface area (Å²) in [5.74, 6) is -1.44. The van der Waals surface area contributed by atoms with Crippen LogP contribution in [0.4, 0.5) is 10.5 Å². The molecule has 4 amide bonds. The fourth-order valence-electron chi connectivity index (χ4n) is 2.86. The van der Waals surface area contributed by atoms with Gasteiger partial charge in [-0.1, -0.05) is 0 Å². The van der Waals surface area contributed by atoms with Gasteiger partial charge in [0.1, 0.15) is 17.2 Å². The fourth-order valence-corrected chi connectivity index (χ4v) is 2.86. The largest absolute Gasteiger partial charge is 0.497 e. The molecule has 0 saturated carbocycles. The van der Waals surface area contributed by atoms with Gasteiger partial charge in [-0.15, -0.1) is 0 Å². The Bertz CT molecular complexity index is 985. The molecule has 1 aliphatic rings. The van der Waals surface area contributed by atoms with Gasteiger partial charge in [-0.2, -0.15) is 0 Å². The van der Waals surface area contributed by atoms with Crippen molar-refractivity contribution >= 4 is 29.3 Å². The molecule has 0 bridgehead atoms. The van der Waals surface area contributed by atoms with Crippen LogP contribution in [-0.4, -0.2) is 56.4 Å². The van der Waals surface area contributed by atoms with Gasteiger partial charge >= 0.3 is 17.8 Å². The number of Topliss-reactive ketones (excluding diaryl/α,β-unsaturated/α-hetero) is 1. The Hall–Kier alpha value is -3.88. The molecule has 9 nitrogen and oxygen atoms in total. The predicted molar refractivity (Wildman–Crippen MR) is 101 cm³/mol. The lowest BCUT2D eigenvalue weighted by molar-refractivity contribution is -0.139. The molecule has 0 spiro atoms. The minimum absolute atomic E-state index is 0.157. The number of anilines is 1. The lowest BCUT2D eigenvalue weighted by Crippen LogP contribution is -2.37. The van der Waals surface area contributed by atoms with Gasteiger partial charge in [0.25, 0.3) is 0 Å². The van der Waals surface area contributed by atoms with Crippen LogP contribution in [0.2, 0.25) is 0 Å². The van der Waals surface area contributed by atoms with Gasteiger partial charge in [0.2, 0.25) is 0 Å². The Balaban J connectivity index is 1.84. The number of nitrogens with zero attached hydrogens (tertiary/aromatic N) is 2. The van der Waals surface area contributed by atoms with Crippen LogP contribution in [0.1, 0.15) is 10.4 Å². The summed E-state index contributed by atoms with van der Waals surface area (Å²) in [5, 5.41) is 0. The molecule has 150 valence electrons. The van der Waals surface area contributed by atoms with E-state index in [1.807, 2.05) is 0 Å². The zero-order chi connectivity index (χ0) is 21.1. The first-order valence-corrected chi connectivity index (χ1v) is 8.50. The van der Waals surface area contributed by atoms with Crippen molar-refractivity contribution < 1.29 is 33.4 Å². The van der Waals surface area contributed by atoms with E-state index >= 15 is 0 Å². The smallest absolute Gasteiger partial charge is 0.339 e. The second-order valence-electron chi connectivity index (χ2n) is 6.00. The van der Waals surface area contributed by atoms with Gasteiger partial charge < -0.3 is 14.2 Å². The maximum atomic E-state index is 12.7. The summed E-state index contributed by atoms with van der Waals surface area (Å²) >= 11 is 0. The summed E-state index contributed by atoms with van der Waals surface area (Å²) in [6.45, 7) is -0.598. The predicted octanol–water partition coefficient (Wildman–Crippen LogP) is 1.89. The van der Waals surface area contributed by atoms with Crippen LogP contribution in [0.5, 0.6) is 17.2 Å². The highest BCUT2D eigenvalue weighted by molar-refractivity contribution is 6.53. The normalized spacial score (nSPS) is 13.7. The molecule has 1 aliphatic heterocycles. The lowest BCUT2D eigenvalue weighted by Gasteiger charge is -2.16. The van der Waals surface area contributed by atoms with Crippen LogP contribution in [-0.2, 0) is 9.59 Å². The van der Waals surface area contributed by atoms with Crippen LogP contribution in [0.15, 0.2) is 42.5 Å². The van der Waals surface area contributed by atoms with Gasteiger partial charge in [-0.05, 0) is 36.4 Å². The zero-order valence-electron chi connectivity index (χ0n) is 16.0. The van der Waals surface area contributed by atoms with Gasteiger partial charge in [0.15, 0.2) is 5.78 Å². The molecule has 0 unspecified atom stereocenters. The van der Waals surface area contributed by atoms with Crippen LogP contribution in [0, 0.1) is 0 Å². The third-order valence-corrected chi connectivity index (χ3v) is 4.39. The van der Waals surface area contributed by atoms with Crippen LogP contribution in [0.25, 0.3) is 0 Å². The maximum absolute atomic E-state index is 12.7. The number of urea groups is 1. The highest BCUT2D eigenvalue weighted by atomic mass is 16.5. The van der Waals surface area contributed by atoms with E-state index in [9.17, 15) is 19.2 Å². The van der Waals surface area contributed by atoms with Crippen LogP contribution in [0.3, 0.4) is 0 Å². The molecule has 1 fully saturated rings. The number of carbonyl (C=O) groups excluding carboxylic acids is 4. The summed E-state index contributed by atoms with van der Waals surface area (Å²) in [6, 6.07) is 9.68. The number of carbonyl (C=O) groups is 4. The van der Waals surface area contributed by atoms with Crippen molar-refractivity contribution in [2.45, 2.75) is 0 Å². The Morgan fingerprint density at radius 1 is 0.828 bits per heavy atom. The van der Waals surface area contributed by atoms with Crippen molar-refractivity contribution in [3.8, 4) is 17.2 Å². The van der Waals surface area contributed by atoms with Crippen LogP contribution < -0.4 is 19.1 Å². The number of hydrogen-bond donors (Lipinski definition) is 0. The molecule has 0 aromatic heterocycles. The number of rotatable bonds is 7. The monoisotopic (exact) mass is 398 g/mol. The average Bonchev–Trinajstić information content (AvgIpc) is 2.96. The second kappa shape index (κ2) is 8.01. The first-order chi connectivity index (χ1) is 13.9. The van der Waals surface area contributed by atoms with E-state index in [4.69, 9.17) is 14.2 Å². The van der Waals surface area contributed by atoms with Crippen molar-refractivity contribution in [2.75, 3.05) is 32.8 Å². The average molecular weight is 398 g/mol. The van der Waals surface area contributed by atoms with Gasteiger partial charge in [0.05, 0.1) is 39.1 Å². The molecule has 3 rings (SSSR count). The van der Waals surface area contributed by atoms with E-state index in [0.717, 1.165) is 4.90 Å². The molecule has 2 aromatic rings. The summed E-state index contributed by atoms with van der Waals surface area (Å²) in [4.78, 5) is 51.4. The molecular formula is C20H18N2O7. The summed E-state index contributed by atoms with van der Waals surface area (Å²) in [7, 11) is 4.33. The van der Waals surface area contributed by atoms with E-state index in [1.165, 1.54) is 45.6 Å². The Morgan fingerprint density at radius 3 is 2.03 bits per heavy atom. The fraction of sp³-hybridized carbons (Fsp3) is 0.200. The molecule has 2 aromatic carbocycles. The van der Waals surface area contributed by atoms with E-state index in [-0.39, 0.29) is 17.0 Å². The first-order valence-electron chi connectivity index (χ1n) is 8.50. The highest BCUT2D eigenvalue weighted by Gasteiger charge is 2.46. The minimum atomic E-state index is -1.08. The molecule has 0 aliphatic carbocycles. The number of benzene rings is 2. The van der Waals surface area contributed by atoms with E-state index in [1.54, 1.807) is 18.2 Å². The number of imide groups is 2. The van der Waals surface area contributed by atoms with Crippen molar-refractivity contribution in [1.82, 2.24) is 4.90 Å². The minimum Gasteiger partial charge on any atom is -0.497 e. The molecule has 9 heteroatoms. The molecular weight excluding hydrogens is 380 g/mol. The maximum Gasteiger partial charge on any atom is 0.339 e. The Labute approximate surface area is 166 Å². The quantitative estimate of drug-likeness (QED) is 0.399. The van der Waals surface area contributed by atoms with Crippen molar-refractivity contribution in [2.24, 2.45) is 0 Å². The summed E-state index contributed by atoms with van der Waals surface area (Å²) in [6.07, 6.45) is 0. The zero-order valence-corrected chi connectivity index (χ0v) is 16.0. The van der Waals surface area contributed by atoms with Crippen molar-refractivity contribution in [1.29, 1.82) is 0 Å². The Kier molecular flexibility index (Phi) is 5.49. The van der Waals surface area contributed by atoms with E-state index in [2.05, 4.69) is 0 Å². The molecule has 29 heavy (non-hydrogen) atoms. The molecule has 1 saturated heterocycles. The van der Waals surface area contributed by atoms with Gasteiger partial charge in [0, 0.05) is 6.07 Å². The SMILES string of the molecule is COc1ccc(N2C(=O)C(=O)N(CC(=O)c3ccc(OC)cc3OC)C2=O)cc1. The molecule has 0 N–H and O–H groups in total. The van der Waals surface area contributed by atoms with E-state index < -0.39 is 30.2 Å². The number of methoxy groups -OCH3 is 3. The second-order valence-corrected chi connectivity index (χ2v) is 6.00. The van der Waals surface area contributed by atoms with Crippen molar-refractivity contribution in [3.05, 3.63) is 48.0 Å². The molecule has 0 radical (unpaired) electrons. The Morgan fingerprint density at radius 2 is 1.45 bits per heavy atom. The molecule has 0 atom stereocenters. The highest BCUT2D eigenvalue weighted by Crippen LogP contribution is 2.27. The lowest BCUT2D eigenvalue weighted by atomic mass is 10.1. The first kappa shape index (κ1) is 19.9. The molecule has 1 heterocycles.